The number of benzene rings is 2. The first kappa shape index (κ1) is 40.7. The maximum atomic E-state index is 12.5. The van der Waals surface area contributed by atoms with Crippen molar-refractivity contribution in [3.8, 4) is 11.5 Å². The molecule has 0 N–H and O–H groups in total. The molecule has 0 radical (unpaired) electrons. The van der Waals surface area contributed by atoms with Gasteiger partial charge in [-0.15, -0.1) is 47.0 Å². The molecule has 2 aliphatic heterocycles. The molecule has 0 bridgehead atoms. The summed E-state index contributed by atoms with van der Waals surface area (Å²) < 4.78 is 25.0. The number of allylic oxidation sites excluding steroid dienone is 2. The van der Waals surface area contributed by atoms with Crippen molar-refractivity contribution >= 4 is 94.3 Å². The van der Waals surface area contributed by atoms with E-state index in [1.54, 1.807) is 37.8 Å². The lowest BCUT2D eigenvalue weighted by molar-refractivity contribution is -0.145. The lowest BCUT2D eigenvalue weighted by Crippen LogP contribution is -2.28. The fraction of sp³-hybridized carbons (Fsp3) is 0.500. The minimum Gasteiger partial charge on any atom is -0.490 e. The summed E-state index contributed by atoms with van der Waals surface area (Å²) >= 11 is 13.3. The third-order valence-electron chi connectivity index (χ3n) is 7.31. The van der Waals surface area contributed by atoms with Gasteiger partial charge >= 0.3 is 11.9 Å². The van der Waals surface area contributed by atoms with E-state index in [1.807, 2.05) is 133 Å². The molecule has 6 nitrogen and oxygen atoms in total. The van der Waals surface area contributed by atoms with Crippen LogP contribution in [0.2, 0.25) is 0 Å². The van der Waals surface area contributed by atoms with Crippen molar-refractivity contribution < 1.29 is 28.5 Å². The first-order valence-corrected chi connectivity index (χ1v) is 23.6. The van der Waals surface area contributed by atoms with Crippen molar-refractivity contribution in [2.45, 2.75) is 58.9 Å². The second kappa shape index (κ2) is 22.8. The zero-order chi connectivity index (χ0) is 34.8. The molecule has 2 fully saturated rings. The molecule has 2 unspecified atom stereocenters. The first-order valence-electron chi connectivity index (χ1n) is 16.3. The Hall–Kier alpha value is -1.09. The van der Waals surface area contributed by atoms with Crippen LogP contribution in [0.4, 0.5) is 0 Å². The van der Waals surface area contributed by atoms with Crippen molar-refractivity contribution in [1.29, 1.82) is 0 Å². The Bertz CT molecular complexity index is 1250. The van der Waals surface area contributed by atoms with E-state index < -0.39 is 0 Å². The molecule has 0 aliphatic carbocycles. The highest BCUT2D eigenvalue weighted by molar-refractivity contribution is 8.21. The van der Waals surface area contributed by atoms with Crippen LogP contribution in [0.25, 0.3) is 0 Å². The smallest absolute Gasteiger partial charge is 0.333 e. The van der Waals surface area contributed by atoms with Crippen molar-refractivity contribution in [2.75, 3.05) is 59.2 Å². The van der Waals surface area contributed by atoms with Crippen LogP contribution in [-0.2, 0) is 19.1 Å². The van der Waals surface area contributed by atoms with Crippen LogP contribution in [0.3, 0.4) is 0 Å². The van der Waals surface area contributed by atoms with E-state index in [-0.39, 0.29) is 24.1 Å². The quantitative estimate of drug-likeness (QED) is 0.0945. The van der Waals surface area contributed by atoms with Crippen LogP contribution in [0.5, 0.6) is 11.5 Å². The van der Waals surface area contributed by atoms with Gasteiger partial charge in [0.15, 0.2) is 0 Å². The zero-order valence-electron chi connectivity index (χ0n) is 28.5. The Morgan fingerprint density at radius 1 is 0.673 bits per heavy atom. The molecule has 2 heterocycles. The monoisotopic (exact) mass is 798 g/mol. The highest BCUT2D eigenvalue weighted by Gasteiger charge is 2.22. The number of thioether (sulfide) groups is 6. The van der Waals surface area contributed by atoms with Gasteiger partial charge in [-0.2, -0.15) is 23.5 Å². The standard InChI is InChI=1S/C36H46O6S7/c1-5-25(3)35(37)41-29(21-43-23-33-45-15-16-46-33)19-39-27-7-11-31(12-8-27)49-32-13-9-28(10-14-32)40-20-30(42-36(38)26(4)6-2)22-44-24-34-47-17-18-48-34/h5-14,29-30,33-34H,15-24H2,1-4H3. The van der Waals surface area contributed by atoms with Crippen LogP contribution >= 0.6 is 82.3 Å². The zero-order valence-corrected chi connectivity index (χ0v) is 34.2. The molecular weight excluding hydrogens is 753 g/mol. The fourth-order valence-corrected chi connectivity index (χ4v) is 13.8. The Labute approximate surface area is 321 Å². The third-order valence-corrected chi connectivity index (χ3v) is 17.6. The molecule has 13 heteroatoms. The van der Waals surface area contributed by atoms with E-state index in [9.17, 15) is 9.59 Å². The second-order valence-corrected chi connectivity index (χ2v) is 20.2. The van der Waals surface area contributed by atoms with Gasteiger partial charge in [-0.05, 0) is 76.2 Å². The van der Waals surface area contributed by atoms with Crippen LogP contribution in [0.1, 0.15) is 27.7 Å². The Morgan fingerprint density at radius 3 is 1.39 bits per heavy atom. The molecule has 4 rings (SSSR count). The summed E-state index contributed by atoms with van der Waals surface area (Å²) in [5, 5.41) is 0. The fourth-order valence-electron chi connectivity index (χ4n) is 4.28. The molecule has 2 aromatic carbocycles. The third kappa shape index (κ3) is 15.2. The average molecular weight is 799 g/mol. The number of carbonyl (C=O) groups excluding carboxylic acids is 2. The van der Waals surface area contributed by atoms with Gasteiger partial charge in [-0.1, -0.05) is 23.9 Å². The number of carbonyl (C=O) groups is 2. The summed E-state index contributed by atoms with van der Waals surface area (Å²) in [7, 11) is 0. The van der Waals surface area contributed by atoms with Gasteiger partial charge in [-0.3, -0.25) is 0 Å². The number of hydrogen-bond donors (Lipinski definition) is 0. The maximum absolute atomic E-state index is 12.5. The molecule has 2 aliphatic rings. The lowest BCUT2D eigenvalue weighted by atomic mass is 10.3. The minimum atomic E-state index is -0.327. The molecule has 2 atom stereocenters. The summed E-state index contributed by atoms with van der Waals surface area (Å²) in [5.74, 6) is 9.21. The SMILES string of the molecule is CC=C(C)C(=O)OC(COc1ccc(Sc2ccc(OCC(CSCC3SCCS3)OC(=O)C(C)=CC)cc2)cc1)CSCC1SCCS1. The van der Waals surface area contributed by atoms with E-state index in [0.717, 1.165) is 32.8 Å². The molecule has 0 spiro atoms. The van der Waals surface area contributed by atoms with Crippen molar-refractivity contribution in [2.24, 2.45) is 0 Å². The molecule has 49 heavy (non-hydrogen) atoms. The minimum absolute atomic E-state index is 0.292. The van der Waals surface area contributed by atoms with Crippen LogP contribution in [0.15, 0.2) is 81.6 Å². The Morgan fingerprint density at radius 2 is 1.04 bits per heavy atom. The van der Waals surface area contributed by atoms with Crippen molar-refractivity contribution in [1.82, 2.24) is 0 Å². The normalized spacial score (nSPS) is 17.1. The Kier molecular flexibility index (Phi) is 18.9. The van der Waals surface area contributed by atoms with Gasteiger partial charge < -0.3 is 18.9 Å². The number of rotatable bonds is 20. The predicted octanol–water partition coefficient (Wildman–Crippen LogP) is 9.43. The highest BCUT2D eigenvalue weighted by atomic mass is 32.2. The summed E-state index contributed by atoms with van der Waals surface area (Å²) in [6.45, 7) is 7.84. The van der Waals surface area contributed by atoms with Gasteiger partial charge in [0.2, 0.25) is 0 Å². The summed E-state index contributed by atoms with van der Waals surface area (Å²) in [6.07, 6.45) is 2.89. The number of hydrogen-bond acceptors (Lipinski definition) is 13. The van der Waals surface area contributed by atoms with Gasteiger partial charge in [0, 0.05) is 67.0 Å². The largest absolute Gasteiger partial charge is 0.490 e. The van der Waals surface area contributed by atoms with E-state index in [2.05, 4.69) is 0 Å². The molecule has 0 saturated carbocycles. The van der Waals surface area contributed by atoms with Crippen LogP contribution < -0.4 is 9.47 Å². The molecular formula is C36H46O6S7. The summed E-state index contributed by atoms with van der Waals surface area (Å²) in [6, 6.07) is 15.9. The topological polar surface area (TPSA) is 71.1 Å². The first-order chi connectivity index (χ1) is 23.8. The Balaban J connectivity index is 1.24. The summed E-state index contributed by atoms with van der Waals surface area (Å²) in [5.41, 5.74) is 1.20. The average Bonchev–Trinajstić information content (AvgIpc) is 3.85. The lowest BCUT2D eigenvalue weighted by Gasteiger charge is -2.19. The maximum Gasteiger partial charge on any atom is 0.333 e. The second-order valence-electron chi connectivity index (χ2n) is 11.1. The summed E-state index contributed by atoms with van der Waals surface area (Å²) in [4.78, 5) is 27.1. The van der Waals surface area contributed by atoms with Gasteiger partial charge in [-0.25, -0.2) is 9.59 Å². The van der Waals surface area contributed by atoms with Crippen molar-refractivity contribution in [3.05, 3.63) is 71.8 Å². The molecule has 2 saturated heterocycles. The van der Waals surface area contributed by atoms with Gasteiger partial charge in [0.05, 0.1) is 9.16 Å². The van der Waals surface area contributed by atoms with E-state index in [4.69, 9.17) is 18.9 Å². The van der Waals surface area contributed by atoms with Crippen molar-refractivity contribution in [3.63, 3.8) is 0 Å². The predicted molar refractivity (Wildman–Crippen MR) is 219 cm³/mol. The molecule has 0 amide bonds. The molecule has 2 aromatic rings. The van der Waals surface area contributed by atoms with Crippen LogP contribution in [0, 0.1) is 0 Å². The van der Waals surface area contributed by atoms with Gasteiger partial charge in [0.25, 0.3) is 0 Å². The van der Waals surface area contributed by atoms with E-state index >= 15 is 0 Å². The number of esters is 2. The molecule has 268 valence electrons. The van der Waals surface area contributed by atoms with Gasteiger partial charge in [0.1, 0.15) is 36.9 Å². The highest BCUT2D eigenvalue weighted by Crippen LogP contribution is 2.35. The van der Waals surface area contributed by atoms with Crippen LogP contribution in [-0.4, -0.2) is 92.5 Å². The van der Waals surface area contributed by atoms with E-state index in [0.29, 0.717) is 45.0 Å². The van der Waals surface area contributed by atoms with E-state index in [1.165, 1.54) is 23.0 Å². The number of ether oxygens (including phenoxy) is 4. The molecule has 0 aromatic heterocycles.